The van der Waals surface area contributed by atoms with Crippen LogP contribution in [0.5, 0.6) is 0 Å². The maximum Gasteiger partial charge on any atom is 0.407 e. The predicted molar refractivity (Wildman–Crippen MR) is 128 cm³/mol. The minimum Gasteiger partial charge on any atom is -0.470 e. The van der Waals surface area contributed by atoms with Crippen LogP contribution in [0.25, 0.3) is 0 Å². The molecule has 1 amide bonds. The smallest absolute Gasteiger partial charge is 0.407 e. The fraction of sp³-hybridized carbons (Fsp3) is 0.500. The van der Waals surface area contributed by atoms with Crippen LogP contribution in [0.2, 0.25) is 10.4 Å². The molecule has 0 aliphatic rings. The topological polar surface area (TPSA) is 90.9 Å². The molecule has 7 nitrogen and oxygen atoms in total. The standard InChI is InChI=1S/C18H30B5NO6/c1-15(2,3)30-13(26)17(21,18(22,23)16(19,20)12(25)28-4)24-14(27)29-10-11-8-6-5-7-9-11/h5-9H,10,19-23H2,1-4H3,(H,24,27)/t17-/m1/s1. The van der Waals surface area contributed by atoms with E-state index in [9.17, 15) is 14.4 Å². The van der Waals surface area contributed by atoms with E-state index < -0.39 is 39.5 Å². The molecule has 0 radical (unpaired) electrons. The van der Waals surface area contributed by atoms with Gasteiger partial charge in [0.15, 0.2) is 0 Å². The van der Waals surface area contributed by atoms with E-state index in [2.05, 4.69) is 5.32 Å². The molecule has 0 aliphatic carbocycles. The molecular formula is C18H30B5NO6. The maximum absolute atomic E-state index is 13.3. The first-order valence-electron chi connectivity index (χ1n) is 9.89. The molecule has 0 saturated heterocycles. The van der Waals surface area contributed by atoms with Crippen molar-refractivity contribution in [2.75, 3.05) is 7.11 Å². The van der Waals surface area contributed by atoms with Crippen LogP contribution in [-0.4, -0.2) is 75.4 Å². The third-order valence-corrected chi connectivity index (χ3v) is 5.88. The highest BCUT2D eigenvalue weighted by Crippen LogP contribution is 2.50. The number of rotatable bonds is 7. The van der Waals surface area contributed by atoms with Gasteiger partial charge in [-0.25, -0.2) is 4.79 Å². The van der Waals surface area contributed by atoms with E-state index in [4.69, 9.17) is 14.2 Å². The second-order valence-electron chi connectivity index (χ2n) is 9.56. The van der Waals surface area contributed by atoms with Crippen molar-refractivity contribution in [3.63, 3.8) is 0 Å². The van der Waals surface area contributed by atoms with Crippen LogP contribution >= 0.6 is 0 Å². The van der Waals surface area contributed by atoms with Crippen molar-refractivity contribution >= 4 is 57.3 Å². The summed E-state index contributed by atoms with van der Waals surface area (Å²) in [5.74, 6) is -1.18. The lowest BCUT2D eigenvalue weighted by atomic mass is 9.22. The highest BCUT2D eigenvalue weighted by Gasteiger charge is 2.59. The largest absolute Gasteiger partial charge is 0.470 e. The van der Waals surface area contributed by atoms with E-state index in [1.807, 2.05) is 30.3 Å². The second kappa shape index (κ2) is 9.27. The average Bonchev–Trinajstić information content (AvgIpc) is 2.64. The molecule has 0 aromatic heterocycles. The molecule has 0 spiro atoms. The highest BCUT2D eigenvalue weighted by atomic mass is 16.6. The molecule has 0 unspecified atom stereocenters. The Morgan fingerprint density at radius 2 is 1.47 bits per heavy atom. The Balaban J connectivity index is 3.24. The molecule has 1 N–H and O–H groups in total. The maximum atomic E-state index is 13.3. The third-order valence-electron chi connectivity index (χ3n) is 5.88. The quantitative estimate of drug-likeness (QED) is 0.304. The predicted octanol–water partition coefficient (Wildman–Crippen LogP) is -2.48. The molecule has 0 bridgehead atoms. The van der Waals surface area contributed by atoms with E-state index in [1.165, 1.54) is 15.0 Å². The molecule has 0 heterocycles. The second-order valence-corrected chi connectivity index (χ2v) is 9.56. The summed E-state index contributed by atoms with van der Waals surface area (Å²) >= 11 is 0. The lowest BCUT2D eigenvalue weighted by Crippen LogP contribution is -2.68. The van der Waals surface area contributed by atoms with Gasteiger partial charge in [0.05, 0.1) is 12.5 Å². The minimum absolute atomic E-state index is 0.0396. The van der Waals surface area contributed by atoms with Gasteiger partial charge in [0.2, 0.25) is 0 Å². The van der Waals surface area contributed by atoms with Gasteiger partial charge in [0, 0.05) is 5.21 Å². The summed E-state index contributed by atoms with van der Waals surface area (Å²) in [7, 11) is 9.58. The zero-order valence-corrected chi connectivity index (χ0v) is 19.5. The SMILES string of the molecule is BC(B)(C(=O)OC)C(B)(B)[C@](B)(NC(=O)OCc1ccccc1)C(=O)OC(C)(C)C. The zero-order valence-electron chi connectivity index (χ0n) is 19.5. The molecule has 1 atom stereocenters. The summed E-state index contributed by atoms with van der Waals surface area (Å²) in [4.78, 5) is 38.4. The summed E-state index contributed by atoms with van der Waals surface area (Å²) in [5, 5.41) is 0.419. The Morgan fingerprint density at radius 1 is 0.933 bits per heavy atom. The zero-order chi connectivity index (χ0) is 23.4. The third kappa shape index (κ3) is 5.67. The number of methoxy groups -OCH3 is 1. The van der Waals surface area contributed by atoms with Crippen LogP contribution in [0.3, 0.4) is 0 Å². The number of carbonyl (C=O) groups excluding carboxylic acids is 3. The number of amides is 1. The Hall–Kier alpha value is -2.25. The van der Waals surface area contributed by atoms with Crippen molar-refractivity contribution in [3.05, 3.63) is 35.9 Å². The molecule has 1 rings (SSSR count). The van der Waals surface area contributed by atoms with Crippen LogP contribution in [0.15, 0.2) is 30.3 Å². The first-order valence-corrected chi connectivity index (χ1v) is 9.89. The van der Waals surface area contributed by atoms with Gasteiger partial charge in [-0.2, -0.15) is 0 Å². The van der Waals surface area contributed by atoms with E-state index in [1.54, 1.807) is 52.2 Å². The highest BCUT2D eigenvalue weighted by molar-refractivity contribution is 6.64. The van der Waals surface area contributed by atoms with Gasteiger partial charge < -0.3 is 19.5 Å². The van der Waals surface area contributed by atoms with Crippen molar-refractivity contribution in [2.45, 2.75) is 48.8 Å². The van der Waals surface area contributed by atoms with Crippen molar-refractivity contribution in [1.29, 1.82) is 0 Å². The van der Waals surface area contributed by atoms with Crippen molar-refractivity contribution < 1.29 is 28.6 Å². The summed E-state index contributed by atoms with van der Waals surface area (Å²) in [5.41, 5.74) is -1.58. The van der Waals surface area contributed by atoms with E-state index in [0.717, 1.165) is 5.56 Å². The number of esters is 2. The Labute approximate surface area is 183 Å². The van der Waals surface area contributed by atoms with E-state index >= 15 is 0 Å². The Kier molecular flexibility index (Phi) is 7.97. The lowest BCUT2D eigenvalue weighted by molar-refractivity contribution is -0.160. The van der Waals surface area contributed by atoms with Gasteiger partial charge >= 0.3 is 12.1 Å². The molecule has 1 aromatic rings. The fourth-order valence-corrected chi connectivity index (χ4v) is 2.94. The summed E-state index contributed by atoms with van der Waals surface area (Å²) in [6.45, 7) is 5.24. The van der Waals surface area contributed by atoms with Gasteiger partial charge in [-0.1, -0.05) is 35.5 Å². The van der Waals surface area contributed by atoms with Crippen molar-refractivity contribution in [3.8, 4) is 0 Å². The van der Waals surface area contributed by atoms with Crippen LogP contribution in [0.4, 0.5) is 4.79 Å². The lowest BCUT2D eigenvalue weighted by Gasteiger charge is -2.51. The first-order chi connectivity index (χ1) is 13.6. The molecule has 12 heteroatoms. The Bertz CT molecular complexity index is 781. The van der Waals surface area contributed by atoms with Gasteiger partial charge in [0.1, 0.15) is 51.4 Å². The van der Waals surface area contributed by atoms with E-state index in [-0.39, 0.29) is 6.61 Å². The number of ether oxygens (including phenoxy) is 3. The number of hydrogen-bond acceptors (Lipinski definition) is 6. The van der Waals surface area contributed by atoms with Crippen LogP contribution in [0, 0.1) is 0 Å². The van der Waals surface area contributed by atoms with Gasteiger partial charge in [-0.15, -0.1) is 0 Å². The number of hydrogen-bond donors (Lipinski definition) is 1. The number of carbonyl (C=O) groups is 3. The average molecular weight is 410 g/mol. The van der Waals surface area contributed by atoms with Gasteiger partial charge in [-0.05, 0) is 26.3 Å². The van der Waals surface area contributed by atoms with Gasteiger partial charge in [-0.3, -0.25) is 9.59 Å². The van der Waals surface area contributed by atoms with E-state index in [0.29, 0.717) is 0 Å². The monoisotopic (exact) mass is 411 g/mol. The number of benzene rings is 1. The van der Waals surface area contributed by atoms with Gasteiger partial charge in [0.25, 0.3) is 5.97 Å². The summed E-state index contributed by atoms with van der Waals surface area (Å²) in [6, 6.07) is 9.18. The Morgan fingerprint density at radius 3 is 1.93 bits per heavy atom. The minimum atomic E-state index is -1.59. The number of alkyl carbamates (subject to hydrolysis) is 1. The molecule has 1 aromatic carbocycles. The fourth-order valence-electron chi connectivity index (χ4n) is 2.94. The van der Waals surface area contributed by atoms with Crippen LogP contribution < -0.4 is 5.32 Å². The van der Waals surface area contributed by atoms with Crippen molar-refractivity contribution in [1.82, 2.24) is 5.32 Å². The molecular weight excluding hydrogens is 380 g/mol. The molecule has 0 fully saturated rings. The first kappa shape index (κ1) is 25.8. The van der Waals surface area contributed by atoms with Crippen molar-refractivity contribution in [2.24, 2.45) is 0 Å². The molecule has 30 heavy (non-hydrogen) atoms. The molecule has 0 saturated carbocycles. The number of nitrogens with one attached hydrogen (secondary N) is 1. The summed E-state index contributed by atoms with van der Waals surface area (Å²) in [6.07, 6.45) is -0.791. The summed E-state index contributed by atoms with van der Waals surface area (Å²) < 4.78 is 15.9. The van der Waals surface area contributed by atoms with Crippen LogP contribution in [0.1, 0.15) is 26.3 Å². The molecule has 158 valence electrons. The normalized spacial score (nSPS) is 14.1. The van der Waals surface area contributed by atoms with Crippen LogP contribution in [-0.2, 0) is 30.4 Å². The molecule has 0 aliphatic heterocycles.